The van der Waals surface area contributed by atoms with Crippen molar-refractivity contribution in [2.45, 2.75) is 25.8 Å². The lowest BCUT2D eigenvalue weighted by Gasteiger charge is -2.23. The minimum absolute atomic E-state index is 0.0354. The third-order valence-corrected chi connectivity index (χ3v) is 3.67. The molecule has 104 valence electrons. The normalized spacial score (nSPS) is 18.3. The summed E-state index contributed by atoms with van der Waals surface area (Å²) in [7, 11) is 1.85. The van der Waals surface area contributed by atoms with E-state index >= 15 is 0 Å². The Labute approximate surface area is 114 Å². The molecular formula is C15H22N2O2. The summed E-state index contributed by atoms with van der Waals surface area (Å²) in [5, 5.41) is 3.26. The van der Waals surface area contributed by atoms with Crippen LogP contribution in [0.2, 0.25) is 0 Å². The minimum atomic E-state index is 0.0354. The van der Waals surface area contributed by atoms with Crippen LogP contribution in [-0.2, 0) is 11.2 Å². The largest absolute Gasteiger partial charge is 0.484 e. The number of likely N-dealkylation sites (N-methyl/N-ethyl adjacent to an activating group) is 1. The van der Waals surface area contributed by atoms with Gasteiger partial charge < -0.3 is 15.0 Å². The predicted molar refractivity (Wildman–Crippen MR) is 75.4 cm³/mol. The molecule has 19 heavy (non-hydrogen) atoms. The number of hydrogen-bond donors (Lipinski definition) is 1. The Morgan fingerprint density at radius 1 is 1.42 bits per heavy atom. The van der Waals surface area contributed by atoms with Gasteiger partial charge in [0.25, 0.3) is 5.91 Å². The van der Waals surface area contributed by atoms with E-state index in [0.29, 0.717) is 6.04 Å². The smallest absolute Gasteiger partial charge is 0.260 e. The Morgan fingerprint density at radius 2 is 2.16 bits per heavy atom. The maximum atomic E-state index is 12.0. The van der Waals surface area contributed by atoms with Crippen molar-refractivity contribution in [2.75, 3.05) is 26.7 Å². The Bertz CT molecular complexity index is 411. The molecule has 1 unspecified atom stereocenters. The van der Waals surface area contributed by atoms with E-state index in [4.69, 9.17) is 4.74 Å². The van der Waals surface area contributed by atoms with Crippen molar-refractivity contribution in [3.8, 4) is 5.75 Å². The number of hydrogen-bond acceptors (Lipinski definition) is 3. The van der Waals surface area contributed by atoms with Crippen molar-refractivity contribution >= 4 is 5.91 Å². The van der Waals surface area contributed by atoms with E-state index in [9.17, 15) is 4.79 Å². The molecule has 1 N–H and O–H groups in total. The molecule has 1 heterocycles. The van der Waals surface area contributed by atoms with Crippen molar-refractivity contribution < 1.29 is 9.53 Å². The summed E-state index contributed by atoms with van der Waals surface area (Å²) < 4.78 is 5.54. The average Bonchev–Trinajstić information content (AvgIpc) is 2.98. The summed E-state index contributed by atoms with van der Waals surface area (Å²) in [4.78, 5) is 13.8. The van der Waals surface area contributed by atoms with Crippen LogP contribution < -0.4 is 10.1 Å². The van der Waals surface area contributed by atoms with E-state index in [1.165, 1.54) is 5.56 Å². The molecule has 0 aliphatic carbocycles. The van der Waals surface area contributed by atoms with Crippen LogP contribution in [0.5, 0.6) is 5.75 Å². The highest BCUT2D eigenvalue weighted by molar-refractivity contribution is 5.77. The monoisotopic (exact) mass is 262 g/mol. The molecule has 1 aromatic carbocycles. The van der Waals surface area contributed by atoms with Gasteiger partial charge in [-0.05, 0) is 37.1 Å². The van der Waals surface area contributed by atoms with Crippen molar-refractivity contribution in [3.05, 3.63) is 29.8 Å². The number of benzene rings is 1. The topological polar surface area (TPSA) is 41.6 Å². The number of carbonyl (C=O) groups excluding carboxylic acids is 1. The van der Waals surface area contributed by atoms with Crippen LogP contribution in [0.25, 0.3) is 0 Å². The molecule has 2 rings (SSSR count). The summed E-state index contributed by atoms with van der Waals surface area (Å²) in [6.07, 6.45) is 2.03. The first kappa shape index (κ1) is 13.9. The van der Waals surface area contributed by atoms with E-state index in [1.807, 2.05) is 31.3 Å². The van der Waals surface area contributed by atoms with Gasteiger partial charge in [0.1, 0.15) is 5.75 Å². The first-order chi connectivity index (χ1) is 9.20. The van der Waals surface area contributed by atoms with Crippen LogP contribution in [0.15, 0.2) is 24.3 Å². The molecule has 0 radical (unpaired) electrons. The number of carbonyl (C=O) groups is 1. The lowest BCUT2D eigenvalue weighted by molar-refractivity contribution is -0.133. The number of nitrogens with zero attached hydrogens (tertiary/aromatic N) is 1. The van der Waals surface area contributed by atoms with Crippen LogP contribution in [0.4, 0.5) is 0 Å². The van der Waals surface area contributed by atoms with Gasteiger partial charge in [-0.15, -0.1) is 0 Å². The number of aryl methyl sites for hydroxylation is 1. The van der Waals surface area contributed by atoms with E-state index in [-0.39, 0.29) is 12.5 Å². The highest BCUT2D eigenvalue weighted by Crippen LogP contribution is 2.13. The van der Waals surface area contributed by atoms with Gasteiger partial charge in [-0.25, -0.2) is 0 Å². The highest BCUT2D eigenvalue weighted by Gasteiger charge is 2.23. The summed E-state index contributed by atoms with van der Waals surface area (Å²) in [6.45, 7) is 4.09. The zero-order valence-electron chi connectivity index (χ0n) is 11.7. The van der Waals surface area contributed by atoms with Gasteiger partial charge in [0.2, 0.25) is 0 Å². The van der Waals surface area contributed by atoms with Gasteiger partial charge in [0, 0.05) is 19.6 Å². The molecular weight excluding hydrogens is 240 g/mol. The third kappa shape index (κ3) is 3.70. The van der Waals surface area contributed by atoms with E-state index in [2.05, 4.69) is 12.2 Å². The summed E-state index contributed by atoms with van der Waals surface area (Å²) in [6, 6.07) is 8.21. The SMILES string of the molecule is CCc1ccc(OCC(=O)N(C)C2CCNC2)cc1. The van der Waals surface area contributed by atoms with Crippen molar-refractivity contribution in [1.29, 1.82) is 0 Å². The standard InChI is InChI=1S/C15H22N2O2/c1-3-12-4-6-14(7-5-12)19-11-15(18)17(2)13-8-9-16-10-13/h4-7,13,16H,3,8-11H2,1-2H3. The van der Waals surface area contributed by atoms with Gasteiger partial charge in [0.05, 0.1) is 0 Å². The summed E-state index contributed by atoms with van der Waals surface area (Å²) >= 11 is 0. The predicted octanol–water partition coefficient (Wildman–Crippen LogP) is 1.45. The zero-order chi connectivity index (χ0) is 13.7. The number of rotatable bonds is 5. The molecule has 0 spiro atoms. The molecule has 4 heteroatoms. The highest BCUT2D eigenvalue weighted by atomic mass is 16.5. The average molecular weight is 262 g/mol. The summed E-state index contributed by atoms with van der Waals surface area (Å²) in [5.41, 5.74) is 1.27. The molecule has 1 atom stereocenters. The maximum absolute atomic E-state index is 12.0. The molecule has 1 fully saturated rings. The van der Waals surface area contributed by atoms with E-state index < -0.39 is 0 Å². The molecule has 0 aromatic heterocycles. The van der Waals surface area contributed by atoms with Crippen LogP contribution in [0.1, 0.15) is 18.9 Å². The molecule has 0 bridgehead atoms. The van der Waals surface area contributed by atoms with Crippen LogP contribution in [0.3, 0.4) is 0 Å². The fraction of sp³-hybridized carbons (Fsp3) is 0.533. The van der Waals surface area contributed by atoms with Gasteiger partial charge in [-0.1, -0.05) is 19.1 Å². The van der Waals surface area contributed by atoms with Crippen molar-refractivity contribution in [2.24, 2.45) is 0 Å². The van der Waals surface area contributed by atoms with Crippen molar-refractivity contribution in [1.82, 2.24) is 10.2 Å². The van der Waals surface area contributed by atoms with E-state index in [1.54, 1.807) is 4.90 Å². The van der Waals surface area contributed by atoms with Crippen LogP contribution >= 0.6 is 0 Å². The molecule has 1 aromatic rings. The van der Waals surface area contributed by atoms with Gasteiger partial charge >= 0.3 is 0 Å². The zero-order valence-corrected chi connectivity index (χ0v) is 11.7. The Morgan fingerprint density at radius 3 is 2.74 bits per heavy atom. The van der Waals surface area contributed by atoms with Crippen LogP contribution in [-0.4, -0.2) is 43.6 Å². The summed E-state index contributed by atoms with van der Waals surface area (Å²) in [5.74, 6) is 0.789. The van der Waals surface area contributed by atoms with E-state index in [0.717, 1.165) is 31.7 Å². The molecule has 1 saturated heterocycles. The van der Waals surface area contributed by atoms with Gasteiger partial charge in [0.15, 0.2) is 6.61 Å². The molecule has 0 saturated carbocycles. The number of nitrogens with one attached hydrogen (secondary N) is 1. The molecule has 1 aliphatic rings. The lowest BCUT2D eigenvalue weighted by atomic mass is 10.2. The fourth-order valence-corrected chi connectivity index (χ4v) is 2.24. The molecule has 1 amide bonds. The third-order valence-electron chi connectivity index (χ3n) is 3.67. The number of ether oxygens (including phenoxy) is 1. The quantitative estimate of drug-likeness (QED) is 0.873. The Balaban J connectivity index is 1.81. The first-order valence-corrected chi connectivity index (χ1v) is 6.89. The fourth-order valence-electron chi connectivity index (χ4n) is 2.24. The molecule has 1 aliphatic heterocycles. The minimum Gasteiger partial charge on any atom is -0.484 e. The maximum Gasteiger partial charge on any atom is 0.260 e. The van der Waals surface area contributed by atoms with Crippen molar-refractivity contribution in [3.63, 3.8) is 0 Å². The van der Waals surface area contributed by atoms with Gasteiger partial charge in [-0.3, -0.25) is 4.79 Å². The second-order valence-electron chi connectivity index (χ2n) is 4.94. The second kappa shape index (κ2) is 6.57. The first-order valence-electron chi connectivity index (χ1n) is 6.89. The van der Waals surface area contributed by atoms with Crippen LogP contribution in [0, 0.1) is 0 Å². The lowest BCUT2D eigenvalue weighted by Crippen LogP contribution is -2.40. The molecule has 4 nitrogen and oxygen atoms in total. The second-order valence-corrected chi connectivity index (χ2v) is 4.94. The Kier molecular flexibility index (Phi) is 4.80. The van der Waals surface area contributed by atoms with Gasteiger partial charge in [-0.2, -0.15) is 0 Å². The number of amides is 1. The Hall–Kier alpha value is -1.55.